The largest absolute Gasteiger partial charge is 0.309 e. The molecule has 1 N–H and O–H groups in total. The number of fused-ring (bicyclic) bond motifs is 1. The van der Waals surface area contributed by atoms with Crippen LogP contribution in [0.4, 0.5) is 0 Å². The molecule has 0 spiro atoms. The van der Waals surface area contributed by atoms with Gasteiger partial charge in [-0.25, -0.2) is 0 Å². The predicted molar refractivity (Wildman–Crippen MR) is 91.2 cm³/mol. The predicted octanol–water partition coefficient (Wildman–Crippen LogP) is 4.40. The van der Waals surface area contributed by atoms with Crippen LogP contribution in [0.3, 0.4) is 0 Å². The molecule has 2 aromatic carbocycles. The minimum atomic E-state index is 0.405. The second-order valence-electron chi connectivity index (χ2n) is 5.57. The first-order valence-electron chi connectivity index (χ1n) is 7.50. The molecule has 0 aromatic heterocycles. The molecule has 106 valence electrons. The van der Waals surface area contributed by atoms with Crippen molar-refractivity contribution in [1.29, 1.82) is 0 Å². The van der Waals surface area contributed by atoms with Crippen LogP contribution in [0.5, 0.6) is 0 Å². The number of hydrogen-bond donors (Lipinski definition) is 1. The van der Waals surface area contributed by atoms with Crippen LogP contribution in [0.25, 0.3) is 12.2 Å². The van der Waals surface area contributed by atoms with Crippen LogP contribution in [-0.4, -0.2) is 6.54 Å². The van der Waals surface area contributed by atoms with E-state index in [0.717, 1.165) is 19.4 Å². The fraction of sp³-hybridized carbons (Fsp3) is 0.200. The maximum Gasteiger partial charge on any atom is 0.0363 e. The van der Waals surface area contributed by atoms with E-state index in [1.54, 1.807) is 0 Å². The van der Waals surface area contributed by atoms with Gasteiger partial charge in [0.1, 0.15) is 0 Å². The molecule has 2 aromatic rings. The second-order valence-corrected chi connectivity index (χ2v) is 5.57. The highest BCUT2D eigenvalue weighted by atomic mass is 14.9. The summed E-state index contributed by atoms with van der Waals surface area (Å²) in [6, 6.07) is 15.8. The highest BCUT2D eigenvalue weighted by Crippen LogP contribution is 2.27. The Kier molecular flexibility index (Phi) is 4.03. The fourth-order valence-electron chi connectivity index (χ4n) is 3.01. The smallest absolute Gasteiger partial charge is 0.0363 e. The lowest BCUT2D eigenvalue weighted by Crippen LogP contribution is -2.31. The zero-order chi connectivity index (χ0) is 14.7. The molecule has 0 bridgehead atoms. The molecule has 21 heavy (non-hydrogen) atoms. The maximum atomic E-state index is 3.86. The molecule has 1 heteroatoms. The van der Waals surface area contributed by atoms with Gasteiger partial charge in [-0.05, 0) is 47.2 Å². The van der Waals surface area contributed by atoms with Crippen LogP contribution in [0.1, 0.15) is 33.9 Å². The zero-order valence-corrected chi connectivity index (χ0v) is 12.3. The van der Waals surface area contributed by atoms with Crippen LogP contribution in [-0.2, 0) is 12.8 Å². The quantitative estimate of drug-likeness (QED) is 0.872. The second kappa shape index (κ2) is 6.11. The van der Waals surface area contributed by atoms with Crippen molar-refractivity contribution in [2.24, 2.45) is 0 Å². The van der Waals surface area contributed by atoms with Crippen molar-refractivity contribution in [3.05, 3.63) is 83.4 Å². The molecule has 1 atom stereocenters. The van der Waals surface area contributed by atoms with Crippen molar-refractivity contribution >= 4 is 12.2 Å². The van der Waals surface area contributed by atoms with Crippen molar-refractivity contribution in [3.63, 3.8) is 0 Å². The first-order valence-corrected chi connectivity index (χ1v) is 7.50. The molecular formula is C20H21N. The van der Waals surface area contributed by atoms with E-state index in [9.17, 15) is 0 Å². The van der Waals surface area contributed by atoms with E-state index >= 15 is 0 Å². The normalized spacial score (nSPS) is 17.0. The van der Waals surface area contributed by atoms with Crippen LogP contribution in [0.15, 0.2) is 55.6 Å². The molecule has 0 saturated heterocycles. The lowest BCUT2D eigenvalue weighted by molar-refractivity contribution is 0.502. The summed E-state index contributed by atoms with van der Waals surface area (Å²) in [6.07, 6.45) is 5.93. The molecule has 1 nitrogen and oxygen atoms in total. The van der Waals surface area contributed by atoms with Crippen molar-refractivity contribution in [3.8, 4) is 0 Å². The van der Waals surface area contributed by atoms with Crippen molar-refractivity contribution in [1.82, 2.24) is 5.32 Å². The molecule has 0 radical (unpaired) electrons. The fourth-order valence-corrected chi connectivity index (χ4v) is 3.01. The first kappa shape index (κ1) is 13.8. The van der Waals surface area contributed by atoms with Gasteiger partial charge in [0.05, 0.1) is 0 Å². The summed E-state index contributed by atoms with van der Waals surface area (Å²) in [5, 5.41) is 3.64. The summed E-state index contributed by atoms with van der Waals surface area (Å²) in [5.41, 5.74) is 6.63. The Morgan fingerprint density at radius 1 is 1.00 bits per heavy atom. The van der Waals surface area contributed by atoms with E-state index in [1.807, 2.05) is 12.2 Å². The summed E-state index contributed by atoms with van der Waals surface area (Å²) >= 11 is 0. The van der Waals surface area contributed by atoms with Gasteiger partial charge in [0.2, 0.25) is 0 Å². The molecule has 1 aliphatic heterocycles. The molecule has 1 aliphatic rings. The number of nitrogens with one attached hydrogen (secondary N) is 1. The lowest BCUT2D eigenvalue weighted by Gasteiger charge is -2.27. The van der Waals surface area contributed by atoms with E-state index in [0.29, 0.717) is 6.04 Å². The minimum absolute atomic E-state index is 0.405. The Balaban J connectivity index is 1.84. The van der Waals surface area contributed by atoms with Crippen LogP contribution >= 0.6 is 0 Å². The molecule has 1 heterocycles. The molecule has 0 aliphatic carbocycles. The molecule has 0 saturated carbocycles. The van der Waals surface area contributed by atoms with Gasteiger partial charge in [0.25, 0.3) is 0 Å². The minimum Gasteiger partial charge on any atom is -0.309 e. The Labute approximate surface area is 127 Å². The average molecular weight is 275 g/mol. The van der Waals surface area contributed by atoms with Gasteiger partial charge in [-0.1, -0.05) is 67.8 Å². The van der Waals surface area contributed by atoms with E-state index in [4.69, 9.17) is 0 Å². The number of benzene rings is 2. The van der Waals surface area contributed by atoms with Gasteiger partial charge in [0, 0.05) is 6.04 Å². The third-order valence-corrected chi connectivity index (χ3v) is 4.22. The van der Waals surface area contributed by atoms with Gasteiger partial charge in [-0.15, -0.1) is 0 Å². The van der Waals surface area contributed by atoms with Crippen molar-refractivity contribution < 1.29 is 0 Å². The highest BCUT2D eigenvalue weighted by molar-refractivity contribution is 5.51. The molecular weight excluding hydrogens is 254 g/mol. The monoisotopic (exact) mass is 275 g/mol. The van der Waals surface area contributed by atoms with Crippen molar-refractivity contribution in [2.45, 2.75) is 18.9 Å². The molecule has 0 amide bonds. The molecule has 0 fully saturated rings. The third-order valence-electron chi connectivity index (χ3n) is 4.22. The standard InChI is InChI=1S/C20H21N/c1-3-15-5-7-17(8-6-15)14-20-19-10-9-16(4-2)13-18(19)11-12-21-20/h3-10,13,20-21H,1-2,11-12,14H2. The van der Waals surface area contributed by atoms with E-state index in [-0.39, 0.29) is 0 Å². The summed E-state index contributed by atoms with van der Waals surface area (Å²) < 4.78 is 0. The summed E-state index contributed by atoms with van der Waals surface area (Å²) in [4.78, 5) is 0. The van der Waals surface area contributed by atoms with Gasteiger partial charge >= 0.3 is 0 Å². The van der Waals surface area contributed by atoms with Crippen LogP contribution in [0, 0.1) is 0 Å². The molecule has 3 rings (SSSR count). The van der Waals surface area contributed by atoms with Gasteiger partial charge in [-0.3, -0.25) is 0 Å². The Morgan fingerprint density at radius 2 is 1.71 bits per heavy atom. The van der Waals surface area contributed by atoms with Gasteiger partial charge in [0.15, 0.2) is 0 Å². The van der Waals surface area contributed by atoms with E-state index in [2.05, 4.69) is 60.9 Å². The van der Waals surface area contributed by atoms with Gasteiger partial charge < -0.3 is 5.32 Å². The Morgan fingerprint density at radius 3 is 2.43 bits per heavy atom. The first-order chi connectivity index (χ1) is 10.3. The summed E-state index contributed by atoms with van der Waals surface area (Å²) in [6.45, 7) is 8.71. The van der Waals surface area contributed by atoms with E-state index in [1.165, 1.54) is 27.8 Å². The third kappa shape index (κ3) is 2.98. The number of rotatable bonds is 4. The van der Waals surface area contributed by atoms with E-state index < -0.39 is 0 Å². The highest BCUT2D eigenvalue weighted by Gasteiger charge is 2.19. The topological polar surface area (TPSA) is 12.0 Å². The summed E-state index contributed by atoms with van der Waals surface area (Å²) in [5.74, 6) is 0. The Hall–Kier alpha value is -2.12. The van der Waals surface area contributed by atoms with Crippen LogP contribution in [0.2, 0.25) is 0 Å². The number of hydrogen-bond acceptors (Lipinski definition) is 1. The zero-order valence-electron chi connectivity index (χ0n) is 12.3. The van der Waals surface area contributed by atoms with Crippen molar-refractivity contribution in [2.75, 3.05) is 6.54 Å². The summed E-state index contributed by atoms with van der Waals surface area (Å²) in [7, 11) is 0. The van der Waals surface area contributed by atoms with Crippen LogP contribution < -0.4 is 5.32 Å². The lowest BCUT2D eigenvalue weighted by atomic mass is 9.89. The SMILES string of the molecule is C=Cc1ccc(CC2NCCc3cc(C=C)ccc32)cc1. The maximum absolute atomic E-state index is 3.86. The average Bonchev–Trinajstić information content (AvgIpc) is 2.55. The Bertz CT molecular complexity index is 652. The molecule has 1 unspecified atom stereocenters. The van der Waals surface area contributed by atoms with Gasteiger partial charge in [-0.2, -0.15) is 0 Å².